The van der Waals surface area contributed by atoms with Crippen molar-refractivity contribution in [3.63, 3.8) is 0 Å². The molecule has 2 rings (SSSR count). The van der Waals surface area contributed by atoms with E-state index in [0.29, 0.717) is 18.2 Å². The van der Waals surface area contributed by atoms with Gasteiger partial charge in [-0.1, -0.05) is 13.8 Å². The SMILES string of the molecule is COc1ccc(-n2ccc(C(=O)N(C)CCC(N)C(C)C)n2)cc1.Cl. The van der Waals surface area contributed by atoms with Crippen molar-refractivity contribution < 1.29 is 9.53 Å². The Bertz CT molecular complexity index is 670. The first-order valence-electron chi connectivity index (χ1n) is 8.13. The number of nitrogens with two attached hydrogens (primary N) is 1. The van der Waals surface area contributed by atoms with Crippen molar-refractivity contribution in [2.75, 3.05) is 20.7 Å². The van der Waals surface area contributed by atoms with E-state index in [4.69, 9.17) is 10.5 Å². The van der Waals surface area contributed by atoms with Crippen LogP contribution in [0.15, 0.2) is 36.5 Å². The number of ether oxygens (including phenoxy) is 1. The summed E-state index contributed by atoms with van der Waals surface area (Å²) in [6, 6.07) is 9.33. The van der Waals surface area contributed by atoms with Crippen molar-refractivity contribution in [2.24, 2.45) is 11.7 Å². The fourth-order valence-corrected chi connectivity index (χ4v) is 2.29. The minimum atomic E-state index is -0.0989. The molecular formula is C18H27ClN4O2. The lowest BCUT2D eigenvalue weighted by Gasteiger charge is -2.20. The lowest BCUT2D eigenvalue weighted by atomic mass is 10.0. The van der Waals surface area contributed by atoms with Gasteiger partial charge in [0.25, 0.3) is 5.91 Å². The van der Waals surface area contributed by atoms with Crippen molar-refractivity contribution in [1.29, 1.82) is 0 Å². The normalized spacial score (nSPS) is 11.8. The molecule has 0 spiro atoms. The Morgan fingerprint density at radius 3 is 2.48 bits per heavy atom. The van der Waals surface area contributed by atoms with Gasteiger partial charge >= 0.3 is 0 Å². The predicted octanol–water partition coefficient (Wildman–Crippen LogP) is 2.75. The summed E-state index contributed by atoms with van der Waals surface area (Å²) in [5.41, 5.74) is 7.34. The average Bonchev–Trinajstić information content (AvgIpc) is 3.08. The number of rotatable bonds is 7. The number of aromatic nitrogens is 2. The standard InChI is InChI=1S/C18H26N4O2.ClH/c1-13(2)16(19)9-11-21(3)18(23)17-10-12-22(20-17)14-5-7-15(24-4)8-6-14;/h5-8,10,12-13,16H,9,11,19H2,1-4H3;1H. The van der Waals surface area contributed by atoms with Crippen LogP contribution in [0, 0.1) is 5.92 Å². The van der Waals surface area contributed by atoms with Gasteiger partial charge in [-0.2, -0.15) is 5.10 Å². The third-order valence-electron chi connectivity index (χ3n) is 4.15. The van der Waals surface area contributed by atoms with E-state index in [9.17, 15) is 4.79 Å². The highest BCUT2D eigenvalue weighted by atomic mass is 35.5. The molecule has 25 heavy (non-hydrogen) atoms. The molecule has 0 radical (unpaired) electrons. The first kappa shape index (κ1) is 21.0. The number of nitrogens with zero attached hydrogens (tertiary/aromatic N) is 3. The van der Waals surface area contributed by atoms with Crippen LogP contribution in [-0.4, -0.2) is 47.3 Å². The minimum absolute atomic E-state index is 0. The first-order valence-corrected chi connectivity index (χ1v) is 8.13. The maximum Gasteiger partial charge on any atom is 0.274 e. The van der Waals surface area contributed by atoms with Gasteiger partial charge < -0.3 is 15.4 Å². The molecule has 0 aliphatic heterocycles. The number of hydrogen-bond donors (Lipinski definition) is 1. The van der Waals surface area contributed by atoms with E-state index in [2.05, 4.69) is 18.9 Å². The molecule has 1 aromatic carbocycles. The number of hydrogen-bond acceptors (Lipinski definition) is 4. The largest absolute Gasteiger partial charge is 0.497 e. The molecule has 1 atom stereocenters. The predicted molar refractivity (Wildman–Crippen MR) is 102 cm³/mol. The summed E-state index contributed by atoms with van der Waals surface area (Å²) in [7, 11) is 3.41. The zero-order chi connectivity index (χ0) is 17.7. The minimum Gasteiger partial charge on any atom is -0.497 e. The average molecular weight is 367 g/mol. The Morgan fingerprint density at radius 2 is 1.92 bits per heavy atom. The molecule has 0 aliphatic rings. The number of amides is 1. The molecule has 1 amide bonds. The van der Waals surface area contributed by atoms with Gasteiger partial charge in [-0.25, -0.2) is 4.68 Å². The van der Waals surface area contributed by atoms with Gasteiger partial charge in [0, 0.05) is 25.8 Å². The van der Waals surface area contributed by atoms with E-state index in [1.807, 2.05) is 24.3 Å². The summed E-state index contributed by atoms with van der Waals surface area (Å²) in [6.07, 6.45) is 2.56. The first-order chi connectivity index (χ1) is 11.4. The molecule has 138 valence electrons. The quantitative estimate of drug-likeness (QED) is 0.817. The molecule has 1 unspecified atom stereocenters. The van der Waals surface area contributed by atoms with E-state index >= 15 is 0 Å². The fraction of sp³-hybridized carbons (Fsp3) is 0.444. The summed E-state index contributed by atoms with van der Waals surface area (Å²) in [4.78, 5) is 14.1. The van der Waals surface area contributed by atoms with E-state index < -0.39 is 0 Å². The molecule has 2 N–H and O–H groups in total. The third kappa shape index (κ3) is 5.47. The van der Waals surface area contributed by atoms with Gasteiger partial charge in [0.1, 0.15) is 5.75 Å². The second-order valence-electron chi connectivity index (χ2n) is 6.27. The summed E-state index contributed by atoms with van der Waals surface area (Å²) in [5.74, 6) is 1.09. The smallest absolute Gasteiger partial charge is 0.274 e. The monoisotopic (exact) mass is 366 g/mol. The van der Waals surface area contributed by atoms with Crippen LogP contribution < -0.4 is 10.5 Å². The van der Waals surface area contributed by atoms with E-state index in [0.717, 1.165) is 17.9 Å². The second kappa shape index (κ2) is 9.44. The zero-order valence-electron chi connectivity index (χ0n) is 15.2. The van der Waals surface area contributed by atoms with Gasteiger partial charge in [0.15, 0.2) is 5.69 Å². The highest BCUT2D eigenvalue weighted by Crippen LogP contribution is 2.15. The summed E-state index contributed by atoms with van der Waals surface area (Å²) in [5, 5.41) is 4.37. The fourth-order valence-electron chi connectivity index (χ4n) is 2.29. The van der Waals surface area contributed by atoms with Crippen LogP contribution in [0.3, 0.4) is 0 Å². The highest BCUT2D eigenvalue weighted by molar-refractivity contribution is 5.92. The molecule has 0 aliphatic carbocycles. The van der Waals surface area contributed by atoms with E-state index in [1.54, 1.807) is 36.0 Å². The molecule has 0 saturated carbocycles. The van der Waals surface area contributed by atoms with Gasteiger partial charge in [-0.15, -0.1) is 12.4 Å². The molecule has 0 fully saturated rings. The topological polar surface area (TPSA) is 73.4 Å². The van der Waals surface area contributed by atoms with E-state index in [1.165, 1.54) is 0 Å². The maximum atomic E-state index is 12.5. The van der Waals surface area contributed by atoms with Crippen molar-refractivity contribution in [3.8, 4) is 11.4 Å². The molecule has 1 aromatic heterocycles. The van der Waals surface area contributed by atoms with Crippen LogP contribution in [0.1, 0.15) is 30.8 Å². The molecule has 1 heterocycles. The maximum absolute atomic E-state index is 12.5. The molecule has 0 bridgehead atoms. The van der Waals surface area contributed by atoms with Crippen molar-refractivity contribution in [2.45, 2.75) is 26.3 Å². The van der Waals surface area contributed by atoms with Crippen LogP contribution in [0.25, 0.3) is 5.69 Å². The van der Waals surface area contributed by atoms with Crippen LogP contribution in [0.4, 0.5) is 0 Å². The molecule has 0 saturated heterocycles. The summed E-state index contributed by atoms with van der Waals surface area (Å²) in [6.45, 7) is 4.79. The Morgan fingerprint density at radius 1 is 1.28 bits per heavy atom. The van der Waals surface area contributed by atoms with Crippen molar-refractivity contribution in [3.05, 3.63) is 42.2 Å². The van der Waals surface area contributed by atoms with Gasteiger partial charge in [0.2, 0.25) is 0 Å². The Labute approximate surface area is 155 Å². The number of carbonyl (C=O) groups is 1. The molecule has 6 nitrogen and oxygen atoms in total. The molecular weight excluding hydrogens is 340 g/mol. The second-order valence-corrected chi connectivity index (χ2v) is 6.27. The lowest BCUT2D eigenvalue weighted by Crippen LogP contribution is -2.34. The van der Waals surface area contributed by atoms with Crippen LogP contribution >= 0.6 is 12.4 Å². The van der Waals surface area contributed by atoms with E-state index in [-0.39, 0.29) is 24.4 Å². The van der Waals surface area contributed by atoms with Crippen LogP contribution in [0.2, 0.25) is 0 Å². The third-order valence-corrected chi connectivity index (χ3v) is 4.15. The molecule has 7 heteroatoms. The zero-order valence-corrected chi connectivity index (χ0v) is 16.0. The van der Waals surface area contributed by atoms with Crippen molar-refractivity contribution in [1.82, 2.24) is 14.7 Å². The number of benzene rings is 1. The van der Waals surface area contributed by atoms with Gasteiger partial charge in [-0.3, -0.25) is 4.79 Å². The van der Waals surface area contributed by atoms with Crippen LogP contribution in [0.5, 0.6) is 5.75 Å². The molecule has 2 aromatic rings. The highest BCUT2D eigenvalue weighted by Gasteiger charge is 2.17. The number of methoxy groups -OCH3 is 1. The van der Waals surface area contributed by atoms with Crippen molar-refractivity contribution >= 4 is 18.3 Å². The summed E-state index contributed by atoms with van der Waals surface area (Å²) >= 11 is 0. The van der Waals surface area contributed by atoms with Gasteiger partial charge in [0.05, 0.1) is 12.8 Å². The number of carbonyl (C=O) groups excluding carboxylic acids is 1. The lowest BCUT2D eigenvalue weighted by molar-refractivity contribution is 0.0783. The Hall–Kier alpha value is -2.05. The Kier molecular flexibility index (Phi) is 7.93. The van der Waals surface area contributed by atoms with Gasteiger partial charge in [-0.05, 0) is 42.7 Å². The summed E-state index contributed by atoms with van der Waals surface area (Å²) < 4.78 is 6.82. The Balaban J connectivity index is 0.00000312. The van der Waals surface area contributed by atoms with Crippen LogP contribution in [-0.2, 0) is 0 Å². The number of halogens is 1.